The van der Waals surface area contributed by atoms with Crippen LogP contribution in [0, 0.1) is 0 Å². The Morgan fingerprint density at radius 2 is 1.92 bits per heavy atom. The normalized spacial score (nSPS) is 17.5. The van der Waals surface area contributed by atoms with Crippen molar-refractivity contribution in [1.82, 2.24) is 24.4 Å². The second-order valence-electron chi connectivity index (χ2n) is 9.75. The number of anilines is 2. The second-order valence-corrected chi connectivity index (χ2v) is 9.75. The van der Waals surface area contributed by atoms with E-state index in [-0.39, 0.29) is 22.9 Å². The Kier molecular flexibility index (Phi) is 6.60. The number of rotatable bonds is 7. The molecule has 4 heterocycles. The number of aromatic nitrogens is 4. The number of nitrogens with one attached hydrogen (secondary N) is 1. The van der Waals surface area contributed by atoms with Gasteiger partial charge in [-0.25, -0.2) is 15.0 Å². The van der Waals surface area contributed by atoms with Crippen molar-refractivity contribution in [2.45, 2.75) is 32.4 Å². The van der Waals surface area contributed by atoms with Crippen molar-refractivity contribution < 1.29 is 9.53 Å². The molecule has 0 unspecified atom stereocenters. The molecular formula is C26H32N8O2. The van der Waals surface area contributed by atoms with Crippen LogP contribution in [-0.4, -0.2) is 68.7 Å². The van der Waals surface area contributed by atoms with Crippen LogP contribution in [0.2, 0.25) is 0 Å². The van der Waals surface area contributed by atoms with Gasteiger partial charge in [-0.2, -0.15) is 0 Å². The fraction of sp³-hybridized carbons (Fsp3) is 0.385. The summed E-state index contributed by atoms with van der Waals surface area (Å²) >= 11 is 0. The van der Waals surface area contributed by atoms with Crippen LogP contribution in [0.1, 0.15) is 25.2 Å². The van der Waals surface area contributed by atoms with Crippen LogP contribution in [0.5, 0.6) is 5.75 Å². The molecule has 0 atom stereocenters. The average Bonchev–Trinajstić information content (AvgIpc) is 3.49. The Morgan fingerprint density at radius 3 is 2.61 bits per heavy atom. The maximum Gasteiger partial charge on any atom is 0.261 e. The molecule has 1 aromatic carbocycles. The molecule has 2 aliphatic rings. The third kappa shape index (κ3) is 5.18. The van der Waals surface area contributed by atoms with Gasteiger partial charge in [0.15, 0.2) is 5.82 Å². The number of carbonyl (C=O) groups is 1. The topological polar surface area (TPSA) is 114 Å². The Hall–Kier alpha value is -3.92. The van der Waals surface area contributed by atoms with Gasteiger partial charge in [-0.15, -0.1) is 0 Å². The molecule has 2 aromatic heterocycles. The van der Waals surface area contributed by atoms with Gasteiger partial charge in [0, 0.05) is 88.3 Å². The highest BCUT2D eigenvalue weighted by Crippen LogP contribution is 2.42. The van der Waals surface area contributed by atoms with Gasteiger partial charge in [0.25, 0.3) is 5.91 Å². The lowest BCUT2D eigenvalue weighted by atomic mass is 10.0. The summed E-state index contributed by atoms with van der Waals surface area (Å²) in [6.45, 7) is 9.58. The molecule has 36 heavy (non-hydrogen) atoms. The molecule has 5 rings (SSSR count). The summed E-state index contributed by atoms with van der Waals surface area (Å²) in [6.07, 6.45) is 10.8. The summed E-state index contributed by atoms with van der Waals surface area (Å²) in [4.78, 5) is 30.5. The Morgan fingerprint density at radius 1 is 1.14 bits per heavy atom. The maximum absolute atomic E-state index is 13.3. The van der Waals surface area contributed by atoms with Crippen LogP contribution >= 0.6 is 0 Å². The predicted molar refractivity (Wildman–Crippen MR) is 139 cm³/mol. The third-order valence-corrected chi connectivity index (χ3v) is 6.59. The van der Waals surface area contributed by atoms with Crippen LogP contribution in [-0.2, 0) is 17.8 Å². The number of ether oxygens (including phenoxy) is 1. The molecule has 3 N–H and O–H groups in total. The van der Waals surface area contributed by atoms with E-state index in [4.69, 9.17) is 10.5 Å². The van der Waals surface area contributed by atoms with Gasteiger partial charge in [0.1, 0.15) is 11.4 Å². The number of nitrogens with zero attached hydrogens (tertiary/aromatic N) is 6. The van der Waals surface area contributed by atoms with Crippen LogP contribution < -0.4 is 20.7 Å². The first-order valence-electron chi connectivity index (χ1n) is 12.2. The number of imidazole rings is 1. The van der Waals surface area contributed by atoms with Gasteiger partial charge < -0.3 is 25.3 Å². The molecule has 0 aliphatic carbocycles. The summed E-state index contributed by atoms with van der Waals surface area (Å²) in [5.74, 6) is 0.815. The predicted octanol–water partition coefficient (Wildman–Crippen LogP) is 2.15. The van der Waals surface area contributed by atoms with E-state index < -0.39 is 0 Å². The monoisotopic (exact) mass is 488 g/mol. The highest BCUT2D eigenvalue weighted by Gasteiger charge is 2.32. The molecule has 0 spiro atoms. The summed E-state index contributed by atoms with van der Waals surface area (Å²) in [5, 5.41) is 3.08. The Bertz CT molecular complexity index is 1230. The van der Waals surface area contributed by atoms with E-state index in [1.54, 1.807) is 24.7 Å². The largest absolute Gasteiger partial charge is 0.487 e. The number of benzene rings is 1. The van der Waals surface area contributed by atoms with Crippen molar-refractivity contribution in [3.05, 3.63) is 66.9 Å². The van der Waals surface area contributed by atoms with E-state index in [1.807, 2.05) is 18.6 Å². The maximum atomic E-state index is 13.3. The molecule has 1 fully saturated rings. The smallest absolute Gasteiger partial charge is 0.261 e. The zero-order chi connectivity index (χ0) is 25.1. The summed E-state index contributed by atoms with van der Waals surface area (Å²) in [5.41, 5.74) is 8.50. The van der Waals surface area contributed by atoms with Crippen molar-refractivity contribution in [3.8, 4) is 5.75 Å². The summed E-state index contributed by atoms with van der Waals surface area (Å²) < 4.78 is 8.31. The minimum atomic E-state index is -0.345. The van der Waals surface area contributed by atoms with E-state index in [0.717, 1.165) is 68.4 Å². The van der Waals surface area contributed by atoms with Crippen molar-refractivity contribution in [2.75, 3.05) is 42.9 Å². The summed E-state index contributed by atoms with van der Waals surface area (Å²) in [7, 11) is 0. The fourth-order valence-corrected chi connectivity index (χ4v) is 4.77. The summed E-state index contributed by atoms with van der Waals surface area (Å²) in [6, 6.07) is 5.79. The first-order valence-corrected chi connectivity index (χ1v) is 12.2. The molecule has 1 saturated heterocycles. The number of amides is 1. The number of piperazine rings is 1. The molecule has 10 heteroatoms. The number of nitrogens with two attached hydrogens (primary N) is 1. The SMILES string of the molecule is CC1(C)Cc2cc(NC(=O)C(=CN)c3ncccn3)c(N3CCN(CCn4ccnc4)CC3)cc2O1. The number of hydrogen-bond donors (Lipinski definition) is 2. The molecule has 0 radical (unpaired) electrons. The van der Waals surface area contributed by atoms with E-state index in [2.05, 4.69) is 54.5 Å². The van der Waals surface area contributed by atoms with E-state index >= 15 is 0 Å². The first-order chi connectivity index (χ1) is 17.4. The highest BCUT2D eigenvalue weighted by atomic mass is 16.5. The molecule has 10 nitrogen and oxygen atoms in total. The van der Waals surface area contributed by atoms with Gasteiger partial charge >= 0.3 is 0 Å². The standard InChI is InChI=1S/C26H32N8O2/c1-26(2)16-19-14-21(31-25(35)20(17-27)24-29-4-3-5-30-24)22(15-23(19)36-26)34-12-10-32(11-13-34)8-9-33-7-6-28-18-33/h3-7,14-15,17-18H,8-13,16,27H2,1-2H3,(H,31,35). The molecule has 3 aromatic rings. The number of hydrogen-bond acceptors (Lipinski definition) is 8. The molecular weight excluding hydrogens is 456 g/mol. The third-order valence-electron chi connectivity index (χ3n) is 6.59. The zero-order valence-electron chi connectivity index (χ0n) is 20.7. The van der Waals surface area contributed by atoms with Crippen molar-refractivity contribution in [2.24, 2.45) is 5.73 Å². The van der Waals surface area contributed by atoms with E-state index in [1.165, 1.54) is 6.20 Å². The van der Waals surface area contributed by atoms with Gasteiger partial charge in [-0.05, 0) is 26.0 Å². The number of carbonyl (C=O) groups excluding carboxylic acids is 1. The molecule has 0 saturated carbocycles. The average molecular weight is 489 g/mol. The lowest BCUT2D eigenvalue weighted by Crippen LogP contribution is -2.47. The quantitative estimate of drug-likeness (QED) is 0.486. The lowest BCUT2D eigenvalue weighted by Gasteiger charge is -2.37. The highest BCUT2D eigenvalue weighted by molar-refractivity contribution is 6.24. The van der Waals surface area contributed by atoms with Crippen molar-refractivity contribution in [3.63, 3.8) is 0 Å². The molecule has 0 bridgehead atoms. The minimum absolute atomic E-state index is 0.225. The number of fused-ring (bicyclic) bond motifs is 1. The first kappa shape index (κ1) is 23.8. The molecule has 1 amide bonds. The van der Waals surface area contributed by atoms with Gasteiger partial charge in [0.05, 0.1) is 23.3 Å². The lowest BCUT2D eigenvalue weighted by molar-refractivity contribution is -0.111. The Balaban J connectivity index is 1.35. The van der Waals surface area contributed by atoms with Crippen LogP contribution in [0.15, 0.2) is 55.5 Å². The van der Waals surface area contributed by atoms with Gasteiger partial charge in [0.2, 0.25) is 0 Å². The van der Waals surface area contributed by atoms with Gasteiger partial charge in [-0.1, -0.05) is 0 Å². The van der Waals surface area contributed by atoms with Gasteiger partial charge in [-0.3, -0.25) is 9.69 Å². The van der Waals surface area contributed by atoms with E-state index in [0.29, 0.717) is 0 Å². The minimum Gasteiger partial charge on any atom is -0.487 e. The van der Waals surface area contributed by atoms with Crippen molar-refractivity contribution in [1.29, 1.82) is 0 Å². The Labute approximate surface area is 210 Å². The zero-order valence-corrected chi connectivity index (χ0v) is 20.7. The molecule has 2 aliphatic heterocycles. The van der Waals surface area contributed by atoms with Crippen LogP contribution in [0.3, 0.4) is 0 Å². The van der Waals surface area contributed by atoms with Crippen LogP contribution in [0.25, 0.3) is 5.57 Å². The van der Waals surface area contributed by atoms with Crippen LogP contribution in [0.4, 0.5) is 11.4 Å². The van der Waals surface area contributed by atoms with E-state index in [9.17, 15) is 4.79 Å². The molecule has 188 valence electrons. The second kappa shape index (κ2) is 9.98. The fourth-order valence-electron chi connectivity index (χ4n) is 4.77. The van der Waals surface area contributed by atoms with Crippen molar-refractivity contribution >= 4 is 22.9 Å².